The maximum Gasteiger partial charge on any atom is 0.136 e. The Kier molecular flexibility index (Phi) is 4.32. The third kappa shape index (κ3) is 2.61. The second kappa shape index (κ2) is 4.50. The summed E-state index contributed by atoms with van der Waals surface area (Å²) in [7, 11) is 0. The van der Waals surface area contributed by atoms with Crippen molar-refractivity contribution in [1.29, 1.82) is 0 Å². The van der Waals surface area contributed by atoms with E-state index < -0.39 is 0 Å². The molecule has 0 spiro atoms. The van der Waals surface area contributed by atoms with Gasteiger partial charge in [0, 0.05) is 0 Å². The largest absolute Gasteiger partial charge is 0.322 e. The van der Waals surface area contributed by atoms with Crippen LogP contribution in [0.4, 0.5) is 0 Å². The Morgan fingerprint density at radius 3 is 2.00 bits per heavy atom. The lowest BCUT2D eigenvalue weighted by Crippen LogP contribution is -2.30. The van der Waals surface area contributed by atoms with Crippen LogP contribution in [0.2, 0.25) is 0 Å². The van der Waals surface area contributed by atoms with Crippen LogP contribution in [0.3, 0.4) is 0 Å². The zero-order valence-electron chi connectivity index (χ0n) is 6.13. The average molecular weight is 129 g/mol. The van der Waals surface area contributed by atoms with E-state index in [0.717, 1.165) is 19.1 Å². The van der Waals surface area contributed by atoms with Crippen LogP contribution in [0, 0.1) is 5.92 Å². The molecule has 2 heteroatoms. The van der Waals surface area contributed by atoms with Crippen LogP contribution in [-0.4, -0.2) is 12.3 Å². The molecule has 1 unspecified atom stereocenters. The fourth-order valence-corrected chi connectivity index (χ4v) is 0.944. The average Bonchev–Trinajstić information content (AvgIpc) is 1.90. The lowest BCUT2D eigenvalue weighted by molar-refractivity contribution is -0.109. The molecule has 1 atom stereocenters. The molecule has 2 N–H and O–H groups in total. The minimum atomic E-state index is -0.250. The van der Waals surface area contributed by atoms with Gasteiger partial charge in [0.25, 0.3) is 0 Å². The summed E-state index contributed by atoms with van der Waals surface area (Å²) >= 11 is 0. The lowest BCUT2D eigenvalue weighted by Gasteiger charge is -2.14. The van der Waals surface area contributed by atoms with E-state index in [9.17, 15) is 4.79 Å². The van der Waals surface area contributed by atoms with Crippen molar-refractivity contribution in [2.45, 2.75) is 32.7 Å². The monoisotopic (exact) mass is 129 g/mol. The van der Waals surface area contributed by atoms with E-state index in [1.165, 1.54) is 0 Å². The van der Waals surface area contributed by atoms with Gasteiger partial charge in [-0.15, -0.1) is 0 Å². The zero-order valence-corrected chi connectivity index (χ0v) is 6.13. The number of rotatable bonds is 4. The summed E-state index contributed by atoms with van der Waals surface area (Å²) in [5.41, 5.74) is 5.47. The molecule has 0 fully saturated rings. The molecular formula is C7H15NO. The molecule has 0 rings (SSSR count). The fraction of sp³-hybridized carbons (Fsp3) is 0.857. The van der Waals surface area contributed by atoms with E-state index >= 15 is 0 Å². The maximum absolute atomic E-state index is 10.1. The van der Waals surface area contributed by atoms with Crippen molar-refractivity contribution in [2.75, 3.05) is 0 Å². The second-order valence-electron chi connectivity index (χ2n) is 2.29. The molecule has 2 nitrogen and oxygen atoms in total. The minimum absolute atomic E-state index is 0.250. The van der Waals surface area contributed by atoms with E-state index in [4.69, 9.17) is 5.73 Å². The van der Waals surface area contributed by atoms with Crippen LogP contribution in [-0.2, 0) is 4.79 Å². The van der Waals surface area contributed by atoms with Gasteiger partial charge in [0.15, 0.2) is 0 Å². The van der Waals surface area contributed by atoms with Crippen molar-refractivity contribution in [2.24, 2.45) is 11.7 Å². The van der Waals surface area contributed by atoms with Crippen LogP contribution >= 0.6 is 0 Å². The third-order valence-electron chi connectivity index (χ3n) is 1.75. The van der Waals surface area contributed by atoms with Gasteiger partial charge in [0.05, 0.1) is 6.04 Å². The Labute approximate surface area is 56.4 Å². The van der Waals surface area contributed by atoms with Crippen LogP contribution in [0.1, 0.15) is 26.7 Å². The van der Waals surface area contributed by atoms with Gasteiger partial charge in [0.1, 0.15) is 6.29 Å². The molecule has 0 aliphatic heterocycles. The van der Waals surface area contributed by atoms with E-state index in [1.807, 2.05) is 0 Å². The second-order valence-corrected chi connectivity index (χ2v) is 2.29. The number of hydrogen-bond acceptors (Lipinski definition) is 2. The molecule has 0 aromatic rings. The molecule has 0 bridgehead atoms. The third-order valence-corrected chi connectivity index (χ3v) is 1.75. The minimum Gasteiger partial charge on any atom is -0.322 e. The SMILES string of the molecule is CCC(CC)C(N)C=O. The van der Waals surface area contributed by atoms with Crippen molar-refractivity contribution in [3.05, 3.63) is 0 Å². The van der Waals surface area contributed by atoms with Gasteiger partial charge >= 0.3 is 0 Å². The van der Waals surface area contributed by atoms with Crippen LogP contribution < -0.4 is 5.73 Å². The predicted octanol–water partition coefficient (Wildman–Crippen LogP) is 0.949. The van der Waals surface area contributed by atoms with Gasteiger partial charge in [0.2, 0.25) is 0 Å². The van der Waals surface area contributed by atoms with Crippen molar-refractivity contribution < 1.29 is 4.79 Å². The van der Waals surface area contributed by atoms with Crippen molar-refractivity contribution in [3.63, 3.8) is 0 Å². The molecule has 0 saturated heterocycles. The molecule has 0 amide bonds. The van der Waals surface area contributed by atoms with Crippen molar-refractivity contribution in [1.82, 2.24) is 0 Å². The van der Waals surface area contributed by atoms with Gasteiger partial charge in [-0.05, 0) is 5.92 Å². The number of carbonyl (C=O) groups is 1. The summed E-state index contributed by atoms with van der Waals surface area (Å²) in [6, 6.07) is -0.250. The van der Waals surface area contributed by atoms with Crippen molar-refractivity contribution in [3.8, 4) is 0 Å². The summed E-state index contributed by atoms with van der Waals surface area (Å²) in [4.78, 5) is 10.1. The Morgan fingerprint density at radius 1 is 1.44 bits per heavy atom. The highest BCUT2D eigenvalue weighted by Crippen LogP contribution is 2.08. The topological polar surface area (TPSA) is 43.1 Å². The molecule has 0 aliphatic rings. The molecule has 9 heavy (non-hydrogen) atoms. The number of hydrogen-bond donors (Lipinski definition) is 1. The zero-order chi connectivity index (χ0) is 7.28. The highest BCUT2D eigenvalue weighted by molar-refractivity contribution is 5.57. The van der Waals surface area contributed by atoms with E-state index in [1.54, 1.807) is 0 Å². The lowest BCUT2D eigenvalue weighted by atomic mass is 9.96. The van der Waals surface area contributed by atoms with Crippen LogP contribution in [0.25, 0.3) is 0 Å². The predicted molar refractivity (Wildman–Crippen MR) is 38.1 cm³/mol. The number of carbonyl (C=O) groups excluding carboxylic acids is 1. The highest BCUT2D eigenvalue weighted by Gasteiger charge is 2.11. The molecule has 54 valence electrons. The molecule has 0 radical (unpaired) electrons. The molecule has 0 aromatic heterocycles. The Hall–Kier alpha value is -0.370. The Bertz CT molecular complexity index is 79.0. The molecule has 0 saturated carbocycles. The van der Waals surface area contributed by atoms with Crippen LogP contribution in [0.15, 0.2) is 0 Å². The first-order valence-electron chi connectivity index (χ1n) is 3.47. The summed E-state index contributed by atoms with van der Waals surface area (Å²) in [5.74, 6) is 0.377. The van der Waals surface area contributed by atoms with Gasteiger partial charge < -0.3 is 10.5 Å². The smallest absolute Gasteiger partial charge is 0.136 e. The van der Waals surface area contributed by atoms with E-state index in [-0.39, 0.29) is 6.04 Å². The highest BCUT2D eigenvalue weighted by atomic mass is 16.1. The first kappa shape index (κ1) is 8.63. The van der Waals surface area contributed by atoms with E-state index in [2.05, 4.69) is 13.8 Å². The number of nitrogens with two attached hydrogens (primary N) is 1. The summed E-state index contributed by atoms with van der Waals surface area (Å²) in [6.45, 7) is 4.11. The summed E-state index contributed by atoms with van der Waals surface area (Å²) < 4.78 is 0. The van der Waals surface area contributed by atoms with Gasteiger partial charge in [-0.3, -0.25) is 0 Å². The van der Waals surface area contributed by atoms with Crippen molar-refractivity contribution >= 4 is 6.29 Å². The summed E-state index contributed by atoms with van der Waals surface area (Å²) in [6.07, 6.45) is 2.82. The van der Waals surface area contributed by atoms with Gasteiger partial charge in [-0.25, -0.2) is 0 Å². The van der Waals surface area contributed by atoms with Gasteiger partial charge in [-0.2, -0.15) is 0 Å². The molecule has 0 aromatic carbocycles. The molecule has 0 aliphatic carbocycles. The van der Waals surface area contributed by atoms with Gasteiger partial charge in [-0.1, -0.05) is 26.7 Å². The number of aldehydes is 1. The first-order chi connectivity index (χ1) is 4.26. The first-order valence-corrected chi connectivity index (χ1v) is 3.47. The Balaban J connectivity index is 3.63. The fourth-order valence-electron chi connectivity index (χ4n) is 0.944. The standard InChI is InChI=1S/C7H15NO/c1-3-6(4-2)7(8)5-9/h5-7H,3-4,8H2,1-2H3. The maximum atomic E-state index is 10.1. The normalized spacial score (nSPS) is 13.8. The van der Waals surface area contributed by atoms with Crippen LogP contribution in [0.5, 0.6) is 0 Å². The van der Waals surface area contributed by atoms with E-state index in [0.29, 0.717) is 5.92 Å². The Morgan fingerprint density at radius 2 is 1.89 bits per heavy atom. The molecule has 0 heterocycles. The molecular weight excluding hydrogens is 114 g/mol. The summed E-state index contributed by atoms with van der Waals surface area (Å²) in [5, 5.41) is 0. The quantitative estimate of drug-likeness (QED) is 0.574.